The fraction of sp³-hybridized carbons (Fsp3) is 0.235. The maximum atomic E-state index is 13.2. The minimum absolute atomic E-state index is 0.124. The van der Waals surface area contributed by atoms with E-state index >= 15 is 0 Å². The first kappa shape index (κ1) is 17.1. The zero-order valence-corrected chi connectivity index (χ0v) is 13.5. The molecule has 0 unspecified atom stereocenters. The standard InChI is InChI=1S/C17H14F3N3O2/c1-10(24)12-8-23(22-14(12)9-25-2)15-6-7-21-16-11(15)4-3-5-13(16)17(18,19)20/h3-8H,9H2,1-2H3. The van der Waals surface area contributed by atoms with Gasteiger partial charge in [0.15, 0.2) is 5.78 Å². The van der Waals surface area contributed by atoms with Crippen molar-refractivity contribution in [2.45, 2.75) is 19.7 Å². The van der Waals surface area contributed by atoms with Gasteiger partial charge in [0.2, 0.25) is 0 Å². The highest BCUT2D eigenvalue weighted by atomic mass is 19.4. The molecule has 0 aliphatic heterocycles. The molecule has 0 aliphatic rings. The van der Waals surface area contributed by atoms with Crippen molar-refractivity contribution in [3.8, 4) is 5.69 Å². The van der Waals surface area contributed by atoms with Crippen molar-refractivity contribution < 1.29 is 22.7 Å². The molecule has 0 bridgehead atoms. The normalized spacial score (nSPS) is 11.9. The zero-order chi connectivity index (χ0) is 18.2. The van der Waals surface area contributed by atoms with Crippen LogP contribution in [0.4, 0.5) is 13.2 Å². The lowest BCUT2D eigenvalue weighted by atomic mass is 10.1. The fourth-order valence-corrected chi connectivity index (χ4v) is 2.66. The summed E-state index contributed by atoms with van der Waals surface area (Å²) in [5.74, 6) is -0.201. The summed E-state index contributed by atoms with van der Waals surface area (Å²) in [5.41, 5.74) is 0.204. The molecule has 0 spiro atoms. The Kier molecular flexibility index (Phi) is 4.30. The average molecular weight is 349 g/mol. The Bertz CT molecular complexity index is 948. The first-order valence-electron chi connectivity index (χ1n) is 7.36. The predicted octanol–water partition coefficient (Wildman–Crippen LogP) is 3.79. The van der Waals surface area contributed by atoms with E-state index in [0.29, 0.717) is 22.3 Å². The van der Waals surface area contributed by atoms with E-state index < -0.39 is 11.7 Å². The third kappa shape index (κ3) is 3.12. The number of rotatable bonds is 4. The van der Waals surface area contributed by atoms with E-state index in [4.69, 9.17) is 4.74 Å². The molecule has 1 aromatic carbocycles. The van der Waals surface area contributed by atoms with Crippen molar-refractivity contribution in [2.24, 2.45) is 0 Å². The highest BCUT2D eigenvalue weighted by Gasteiger charge is 2.33. The van der Waals surface area contributed by atoms with Gasteiger partial charge in [0, 0.05) is 24.9 Å². The SMILES string of the molecule is COCc1nn(-c2ccnc3c(C(F)(F)F)cccc23)cc1C(C)=O. The molecule has 0 radical (unpaired) electrons. The predicted molar refractivity (Wildman–Crippen MR) is 84.6 cm³/mol. The third-order valence-electron chi connectivity index (χ3n) is 3.75. The number of alkyl halides is 3. The number of Topliss-reactive ketones (excluding diaryl/α,β-unsaturated/α-hetero) is 1. The fourth-order valence-electron chi connectivity index (χ4n) is 2.66. The summed E-state index contributed by atoms with van der Waals surface area (Å²) in [6.07, 6.45) is -1.73. The molecule has 3 aromatic rings. The lowest BCUT2D eigenvalue weighted by molar-refractivity contribution is -0.136. The van der Waals surface area contributed by atoms with Crippen LogP contribution in [0.3, 0.4) is 0 Å². The summed E-state index contributed by atoms with van der Waals surface area (Å²) in [5, 5.41) is 4.59. The van der Waals surface area contributed by atoms with E-state index in [1.165, 1.54) is 43.2 Å². The van der Waals surface area contributed by atoms with Gasteiger partial charge < -0.3 is 4.74 Å². The van der Waals surface area contributed by atoms with Crippen LogP contribution in [0.25, 0.3) is 16.6 Å². The summed E-state index contributed by atoms with van der Waals surface area (Å²) >= 11 is 0. The minimum Gasteiger partial charge on any atom is -0.378 e. The maximum Gasteiger partial charge on any atom is 0.418 e. The summed E-state index contributed by atoms with van der Waals surface area (Å²) in [4.78, 5) is 15.6. The van der Waals surface area contributed by atoms with Gasteiger partial charge in [-0.1, -0.05) is 12.1 Å². The molecular weight excluding hydrogens is 335 g/mol. The van der Waals surface area contributed by atoms with Crippen LogP contribution in [-0.2, 0) is 17.5 Å². The number of hydrogen-bond donors (Lipinski definition) is 0. The minimum atomic E-state index is -4.51. The van der Waals surface area contributed by atoms with Crippen LogP contribution < -0.4 is 0 Å². The van der Waals surface area contributed by atoms with Gasteiger partial charge in [-0.3, -0.25) is 9.78 Å². The Morgan fingerprint density at radius 2 is 2.04 bits per heavy atom. The van der Waals surface area contributed by atoms with E-state index in [0.717, 1.165) is 6.07 Å². The van der Waals surface area contributed by atoms with Crippen molar-refractivity contribution in [2.75, 3.05) is 7.11 Å². The van der Waals surface area contributed by atoms with Crippen LogP contribution in [0.15, 0.2) is 36.7 Å². The van der Waals surface area contributed by atoms with Gasteiger partial charge in [0.05, 0.1) is 34.6 Å². The number of pyridine rings is 1. The van der Waals surface area contributed by atoms with Gasteiger partial charge in [-0.2, -0.15) is 18.3 Å². The number of ether oxygens (including phenoxy) is 1. The van der Waals surface area contributed by atoms with E-state index in [1.807, 2.05) is 0 Å². The molecule has 0 fully saturated rings. The lowest BCUT2D eigenvalue weighted by Crippen LogP contribution is -2.07. The molecule has 2 aromatic heterocycles. The second-order valence-corrected chi connectivity index (χ2v) is 5.45. The smallest absolute Gasteiger partial charge is 0.378 e. The molecule has 0 amide bonds. The number of hydrogen-bond acceptors (Lipinski definition) is 4. The second-order valence-electron chi connectivity index (χ2n) is 5.45. The Morgan fingerprint density at radius 3 is 2.68 bits per heavy atom. The molecule has 5 nitrogen and oxygen atoms in total. The van der Waals surface area contributed by atoms with E-state index in [9.17, 15) is 18.0 Å². The summed E-state index contributed by atoms with van der Waals surface area (Å²) in [7, 11) is 1.47. The molecule has 0 atom stereocenters. The monoisotopic (exact) mass is 349 g/mol. The summed E-state index contributed by atoms with van der Waals surface area (Å²) in [6, 6.07) is 5.40. The number of para-hydroxylation sites is 1. The number of carbonyl (C=O) groups is 1. The number of halogens is 3. The van der Waals surface area contributed by atoms with Crippen LogP contribution in [0, 0.1) is 0 Å². The molecule has 8 heteroatoms. The average Bonchev–Trinajstić information content (AvgIpc) is 2.97. The molecular formula is C17H14F3N3O2. The molecule has 0 aliphatic carbocycles. The van der Waals surface area contributed by atoms with Crippen molar-refractivity contribution in [3.05, 3.63) is 53.5 Å². The summed E-state index contributed by atoms with van der Waals surface area (Å²) in [6.45, 7) is 1.52. The van der Waals surface area contributed by atoms with Crippen molar-refractivity contribution in [1.29, 1.82) is 0 Å². The lowest BCUT2D eigenvalue weighted by Gasteiger charge is -2.12. The van der Waals surface area contributed by atoms with Crippen LogP contribution in [0.2, 0.25) is 0 Å². The molecule has 25 heavy (non-hydrogen) atoms. The Balaban J connectivity index is 2.24. The van der Waals surface area contributed by atoms with E-state index in [2.05, 4.69) is 10.1 Å². The Labute approximate surface area is 141 Å². The highest BCUT2D eigenvalue weighted by molar-refractivity contribution is 5.95. The number of methoxy groups -OCH3 is 1. The number of aromatic nitrogens is 3. The van der Waals surface area contributed by atoms with Gasteiger partial charge in [-0.05, 0) is 19.1 Å². The zero-order valence-electron chi connectivity index (χ0n) is 13.5. The first-order valence-corrected chi connectivity index (χ1v) is 7.36. The van der Waals surface area contributed by atoms with Crippen molar-refractivity contribution in [1.82, 2.24) is 14.8 Å². The number of ketones is 1. The molecule has 0 N–H and O–H groups in total. The number of nitrogens with zero attached hydrogens (tertiary/aromatic N) is 3. The topological polar surface area (TPSA) is 57.0 Å². The van der Waals surface area contributed by atoms with Gasteiger partial charge in [-0.25, -0.2) is 4.68 Å². The van der Waals surface area contributed by atoms with Crippen LogP contribution in [0.1, 0.15) is 28.5 Å². The largest absolute Gasteiger partial charge is 0.418 e. The van der Waals surface area contributed by atoms with Crippen LogP contribution >= 0.6 is 0 Å². The van der Waals surface area contributed by atoms with Crippen LogP contribution in [-0.4, -0.2) is 27.7 Å². The van der Waals surface area contributed by atoms with E-state index in [-0.39, 0.29) is 17.9 Å². The maximum absolute atomic E-state index is 13.2. The van der Waals surface area contributed by atoms with Gasteiger partial charge in [0.1, 0.15) is 0 Å². The Hall–Kier alpha value is -2.74. The van der Waals surface area contributed by atoms with Crippen molar-refractivity contribution >= 4 is 16.7 Å². The first-order chi connectivity index (χ1) is 11.8. The molecule has 3 rings (SSSR count). The number of fused-ring (bicyclic) bond motifs is 1. The molecule has 2 heterocycles. The highest BCUT2D eigenvalue weighted by Crippen LogP contribution is 2.35. The molecule has 0 saturated carbocycles. The number of carbonyl (C=O) groups excluding carboxylic acids is 1. The molecule has 0 saturated heterocycles. The summed E-state index contributed by atoms with van der Waals surface area (Å²) < 4.78 is 46.0. The molecule has 130 valence electrons. The third-order valence-corrected chi connectivity index (χ3v) is 3.75. The van der Waals surface area contributed by atoms with Crippen LogP contribution in [0.5, 0.6) is 0 Å². The van der Waals surface area contributed by atoms with Gasteiger partial charge in [0.25, 0.3) is 0 Å². The Morgan fingerprint density at radius 1 is 1.28 bits per heavy atom. The number of benzene rings is 1. The second kappa shape index (κ2) is 6.29. The van der Waals surface area contributed by atoms with Crippen molar-refractivity contribution in [3.63, 3.8) is 0 Å². The van der Waals surface area contributed by atoms with Gasteiger partial charge >= 0.3 is 6.18 Å². The van der Waals surface area contributed by atoms with E-state index in [1.54, 1.807) is 6.07 Å². The van der Waals surface area contributed by atoms with Gasteiger partial charge in [-0.15, -0.1) is 0 Å². The quantitative estimate of drug-likeness (QED) is 0.673.